The van der Waals surface area contributed by atoms with Crippen LogP contribution >= 0.6 is 0 Å². The number of aliphatic hydroxyl groups is 1. The summed E-state index contributed by atoms with van der Waals surface area (Å²) in [7, 11) is 0. The van der Waals surface area contributed by atoms with E-state index in [2.05, 4.69) is 43.0 Å². The molecular weight excluding hydrogens is 236 g/mol. The van der Waals surface area contributed by atoms with Crippen LogP contribution in [0.1, 0.15) is 36.9 Å². The third-order valence-electron chi connectivity index (χ3n) is 4.26. The fraction of sp³-hybridized carbons (Fsp3) is 0.625. The molecular formula is C16H26N2O. The lowest BCUT2D eigenvalue weighted by Crippen LogP contribution is -2.43. The summed E-state index contributed by atoms with van der Waals surface area (Å²) in [6.07, 6.45) is 1.86. The molecule has 3 N–H and O–H groups in total. The van der Waals surface area contributed by atoms with Crippen molar-refractivity contribution in [2.75, 3.05) is 19.6 Å². The smallest absolute Gasteiger partial charge is 0.0693 e. The van der Waals surface area contributed by atoms with Gasteiger partial charge < -0.3 is 15.7 Å². The number of hydrogen-bond donors (Lipinski definition) is 2. The van der Waals surface area contributed by atoms with Gasteiger partial charge in [-0.15, -0.1) is 0 Å². The van der Waals surface area contributed by atoms with Crippen LogP contribution in [0.3, 0.4) is 0 Å². The zero-order valence-corrected chi connectivity index (χ0v) is 12.0. The maximum Gasteiger partial charge on any atom is 0.0693 e. The molecule has 106 valence electrons. The SMILES string of the molecule is Cc1ccc(C(N)CCN2CCC(C)C(O)C2)cc1. The van der Waals surface area contributed by atoms with Crippen molar-refractivity contribution in [3.63, 3.8) is 0 Å². The van der Waals surface area contributed by atoms with Crippen molar-refractivity contribution < 1.29 is 5.11 Å². The Labute approximate surface area is 116 Å². The predicted octanol–water partition coefficient (Wildman–Crippen LogP) is 2.09. The van der Waals surface area contributed by atoms with Gasteiger partial charge in [-0.25, -0.2) is 0 Å². The number of likely N-dealkylation sites (tertiary alicyclic amines) is 1. The molecule has 0 saturated carbocycles. The van der Waals surface area contributed by atoms with E-state index < -0.39 is 0 Å². The van der Waals surface area contributed by atoms with E-state index in [9.17, 15) is 5.11 Å². The fourth-order valence-corrected chi connectivity index (χ4v) is 2.62. The van der Waals surface area contributed by atoms with Gasteiger partial charge in [0, 0.05) is 19.1 Å². The maximum absolute atomic E-state index is 9.89. The summed E-state index contributed by atoms with van der Waals surface area (Å²) >= 11 is 0. The first-order chi connectivity index (χ1) is 9.06. The standard InChI is InChI=1S/C16H26N2O/c1-12-3-5-14(6-4-12)15(17)8-10-18-9-7-13(2)16(19)11-18/h3-6,13,15-16,19H,7-11,17H2,1-2H3. The van der Waals surface area contributed by atoms with Gasteiger partial charge in [0.1, 0.15) is 0 Å². The Kier molecular flexibility index (Phi) is 4.97. The number of piperidine rings is 1. The van der Waals surface area contributed by atoms with Crippen LogP contribution in [0.25, 0.3) is 0 Å². The van der Waals surface area contributed by atoms with Gasteiger partial charge in [-0.05, 0) is 37.8 Å². The Morgan fingerprint density at radius 1 is 1.37 bits per heavy atom. The van der Waals surface area contributed by atoms with E-state index in [0.29, 0.717) is 5.92 Å². The number of hydrogen-bond acceptors (Lipinski definition) is 3. The summed E-state index contributed by atoms with van der Waals surface area (Å²) in [5, 5.41) is 9.89. The number of β-amino-alcohol motifs (C(OH)–C–C–N with tert-alkyl or cyclic N) is 1. The highest BCUT2D eigenvalue weighted by Gasteiger charge is 2.24. The van der Waals surface area contributed by atoms with Gasteiger partial charge in [0.2, 0.25) is 0 Å². The lowest BCUT2D eigenvalue weighted by molar-refractivity contribution is 0.0282. The molecule has 3 heteroatoms. The average molecular weight is 262 g/mol. The van der Waals surface area contributed by atoms with E-state index in [-0.39, 0.29) is 12.1 Å². The van der Waals surface area contributed by atoms with Crippen molar-refractivity contribution in [1.82, 2.24) is 4.90 Å². The van der Waals surface area contributed by atoms with Gasteiger partial charge in [-0.1, -0.05) is 36.8 Å². The molecule has 1 aromatic rings. The van der Waals surface area contributed by atoms with Crippen LogP contribution in [-0.2, 0) is 0 Å². The highest BCUT2D eigenvalue weighted by Crippen LogP contribution is 2.19. The molecule has 0 aromatic heterocycles. The lowest BCUT2D eigenvalue weighted by atomic mass is 9.95. The third-order valence-corrected chi connectivity index (χ3v) is 4.26. The summed E-state index contributed by atoms with van der Waals surface area (Å²) in [4.78, 5) is 2.33. The van der Waals surface area contributed by atoms with E-state index in [1.807, 2.05) is 0 Å². The van der Waals surface area contributed by atoms with Crippen LogP contribution in [0.4, 0.5) is 0 Å². The first kappa shape index (κ1) is 14.5. The van der Waals surface area contributed by atoms with Crippen LogP contribution in [0.2, 0.25) is 0 Å². The van der Waals surface area contributed by atoms with Gasteiger partial charge in [-0.3, -0.25) is 0 Å². The van der Waals surface area contributed by atoms with E-state index in [1.165, 1.54) is 11.1 Å². The molecule has 1 aliphatic rings. The molecule has 0 spiro atoms. The Hall–Kier alpha value is -0.900. The van der Waals surface area contributed by atoms with E-state index in [4.69, 9.17) is 5.73 Å². The molecule has 3 atom stereocenters. The van der Waals surface area contributed by atoms with Gasteiger partial charge >= 0.3 is 0 Å². The minimum atomic E-state index is -0.177. The number of nitrogens with two attached hydrogens (primary N) is 1. The Bertz CT molecular complexity index is 390. The van der Waals surface area contributed by atoms with E-state index in [0.717, 1.165) is 32.5 Å². The molecule has 1 aromatic carbocycles. The second kappa shape index (κ2) is 6.51. The first-order valence-electron chi connectivity index (χ1n) is 7.29. The number of aliphatic hydroxyl groups excluding tert-OH is 1. The molecule has 2 rings (SSSR count). The van der Waals surface area contributed by atoms with Crippen molar-refractivity contribution in [2.24, 2.45) is 11.7 Å². The Balaban J connectivity index is 1.80. The minimum absolute atomic E-state index is 0.0945. The monoisotopic (exact) mass is 262 g/mol. The Morgan fingerprint density at radius 2 is 2.05 bits per heavy atom. The molecule has 3 unspecified atom stereocenters. The second-order valence-corrected chi connectivity index (χ2v) is 5.94. The molecule has 3 nitrogen and oxygen atoms in total. The summed E-state index contributed by atoms with van der Waals surface area (Å²) in [5.41, 5.74) is 8.71. The highest BCUT2D eigenvalue weighted by molar-refractivity contribution is 5.23. The molecule has 0 aliphatic carbocycles. The summed E-state index contributed by atoms with van der Waals surface area (Å²) in [6.45, 7) is 7.06. The summed E-state index contributed by atoms with van der Waals surface area (Å²) < 4.78 is 0. The fourth-order valence-electron chi connectivity index (χ4n) is 2.62. The van der Waals surface area contributed by atoms with Crippen molar-refractivity contribution in [3.05, 3.63) is 35.4 Å². The highest BCUT2D eigenvalue weighted by atomic mass is 16.3. The molecule has 1 fully saturated rings. The van der Waals surface area contributed by atoms with Crippen LogP contribution in [0.15, 0.2) is 24.3 Å². The van der Waals surface area contributed by atoms with Crippen molar-refractivity contribution in [3.8, 4) is 0 Å². The maximum atomic E-state index is 9.89. The van der Waals surface area contributed by atoms with Crippen molar-refractivity contribution >= 4 is 0 Å². The third kappa shape index (κ3) is 4.03. The quantitative estimate of drug-likeness (QED) is 0.873. The lowest BCUT2D eigenvalue weighted by Gasteiger charge is -2.34. The molecule has 0 amide bonds. The van der Waals surface area contributed by atoms with Crippen molar-refractivity contribution in [1.29, 1.82) is 0 Å². The van der Waals surface area contributed by atoms with Crippen LogP contribution < -0.4 is 5.73 Å². The molecule has 0 radical (unpaired) electrons. The van der Waals surface area contributed by atoms with Gasteiger partial charge in [0.05, 0.1) is 6.10 Å². The number of nitrogens with zero attached hydrogens (tertiary/aromatic N) is 1. The van der Waals surface area contributed by atoms with Crippen molar-refractivity contribution in [2.45, 2.75) is 38.8 Å². The van der Waals surface area contributed by atoms with Gasteiger partial charge in [0.15, 0.2) is 0 Å². The van der Waals surface area contributed by atoms with Crippen LogP contribution in [0.5, 0.6) is 0 Å². The summed E-state index contributed by atoms with van der Waals surface area (Å²) in [5.74, 6) is 0.432. The van der Waals surface area contributed by atoms with E-state index >= 15 is 0 Å². The van der Waals surface area contributed by atoms with Crippen LogP contribution in [-0.4, -0.2) is 35.7 Å². The largest absolute Gasteiger partial charge is 0.392 e. The molecule has 19 heavy (non-hydrogen) atoms. The molecule has 1 aliphatic heterocycles. The minimum Gasteiger partial charge on any atom is -0.392 e. The predicted molar refractivity (Wildman–Crippen MR) is 79.0 cm³/mol. The Morgan fingerprint density at radius 3 is 2.68 bits per heavy atom. The zero-order valence-electron chi connectivity index (χ0n) is 12.0. The van der Waals surface area contributed by atoms with Crippen LogP contribution in [0, 0.1) is 12.8 Å². The number of rotatable bonds is 4. The molecule has 1 saturated heterocycles. The number of benzene rings is 1. The topological polar surface area (TPSA) is 49.5 Å². The number of aryl methyl sites for hydroxylation is 1. The molecule has 1 heterocycles. The zero-order chi connectivity index (χ0) is 13.8. The summed E-state index contributed by atoms with van der Waals surface area (Å²) in [6, 6.07) is 8.56. The van der Waals surface area contributed by atoms with Gasteiger partial charge in [-0.2, -0.15) is 0 Å². The average Bonchev–Trinajstić information content (AvgIpc) is 2.40. The second-order valence-electron chi connectivity index (χ2n) is 5.94. The first-order valence-corrected chi connectivity index (χ1v) is 7.29. The van der Waals surface area contributed by atoms with Gasteiger partial charge in [0.25, 0.3) is 0 Å². The van der Waals surface area contributed by atoms with E-state index in [1.54, 1.807) is 0 Å². The normalized spacial score (nSPS) is 26.3. The molecule has 0 bridgehead atoms.